The standard InChI is InChI=1S/C14H20O3/c1-14(2,13(16)17-3)10-12-6-4-11(5-7-12)8-9-15/h4-7,15H,8-10H2,1-3H3. The molecule has 1 rings (SSSR count). The molecule has 1 N–H and O–H groups in total. The van der Waals surface area contributed by atoms with Crippen molar-refractivity contribution in [3.8, 4) is 0 Å². The Labute approximate surface area is 102 Å². The second-order valence-corrected chi connectivity index (χ2v) is 4.84. The van der Waals surface area contributed by atoms with Gasteiger partial charge in [0, 0.05) is 6.61 Å². The van der Waals surface area contributed by atoms with Gasteiger partial charge in [-0.3, -0.25) is 4.79 Å². The highest BCUT2D eigenvalue weighted by Gasteiger charge is 2.28. The van der Waals surface area contributed by atoms with Gasteiger partial charge in [-0.05, 0) is 37.8 Å². The van der Waals surface area contributed by atoms with Gasteiger partial charge >= 0.3 is 5.97 Å². The summed E-state index contributed by atoms with van der Waals surface area (Å²) in [4.78, 5) is 11.6. The first-order valence-corrected chi connectivity index (χ1v) is 5.76. The van der Waals surface area contributed by atoms with Crippen LogP contribution in [0, 0.1) is 5.41 Å². The fraction of sp³-hybridized carbons (Fsp3) is 0.500. The van der Waals surface area contributed by atoms with E-state index in [9.17, 15) is 4.79 Å². The number of aliphatic hydroxyl groups is 1. The van der Waals surface area contributed by atoms with Gasteiger partial charge in [-0.25, -0.2) is 0 Å². The Morgan fingerprint density at radius 1 is 1.24 bits per heavy atom. The van der Waals surface area contributed by atoms with Crippen molar-refractivity contribution in [2.45, 2.75) is 26.7 Å². The summed E-state index contributed by atoms with van der Waals surface area (Å²) in [6, 6.07) is 7.96. The number of ether oxygens (including phenoxy) is 1. The lowest BCUT2D eigenvalue weighted by molar-refractivity contribution is -0.150. The largest absolute Gasteiger partial charge is 0.469 e. The number of hydrogen-bond donors (Lipinski definition) is 1. The smallest absolute Gasteiger partial charge is 0.311 e. The van der Waals surface area contributed by atoms with Crippen LogP contribution in [-0.4, -0.2) is 24.8 Å². The van der Waals surface area contributed by atoms with Crippen molar-refractivity contribution in [1.29, 1.82) is 0 Å². The van der Waals surface area contributed by atoms with Crippen LogP contribution >= 0.6 is 0 Å². The van der Waals surface area contributed by atoms with Gasteiger partial charge < -0.3 is 9.84 Å². The summed E-state index contributed by atoms with van der Waals surface area (Å²) in [6.45, 7) is 3.91. The Morgan fingerprint density at radius 2 is 1.76 bits per heavy atom. The molecule has 0 unspecified atom stereocenters. The number of hydrogen-bond acceptors (Lipinski definition) is 3. The summed E-state index contributed by atoms with van der Waals surface area (Å²) < 4.78 is 4.78. The van der Waals surface area contributed by atoms with Gasteiger partial charge in [-0.15, -0.1) is 0 Å². The molecule has 94 valence electrons. The summed E-state index contributed by atoms with van der Waals surface area (Å²) in [5.41, 5.74) is 1.70. The number of carbonyl (C=O) groups is 1. The Kier molecular flexibility index (Phi) is 4.70. The molecular weight excluding hydrogens is 216 g/mol. The molecule has 0 radical (unpaired) electrons. The Bertz CT molecular complexity index is 366. The highest BCUT2D eigenvalue weighted by atomic mass is 16.5. The fourth-order valence-electron chi connectivity index (χ4n) is 1.81. The van der Waals surface area contributed by atoms with Crippen LogP contribution in [0.5, 0.6) is 0 Å². The van der Waals surface area contributed by atoms with E-state index in [2.05, 4.69) is 0 Å². The SMILES string of the molecule is COC(=O)C(C)(C)Cc1ccc(CCO)cc1. The first kappa shape index (κ1) is 13.7. The summed E-state index contributed by atoms with van der Waals surface area (Å²) in [7, 11) is 1.41. The first-order valence-electron chi connectivity index (χ1n) is 5.76. The number of benzene rings is 1. The van der Waals surface area contributed by atoms with Crippen LogP contribution in [0.3, 0.4) is 0 Å². The Morgan fingerprint density at radius 3 is 2.24 bits per heavy atom. The quantitative estimate of drug-likeness (QED) is 0.795. The van der Waals surface area contributed by atoms with Gasteiger partial charge in [0.05, 0.1) is 12.5 Å². The fourth-order valence-corrected chi connectivity index (χ4v) is 1.81. The predicted octanol–water partition coefficient (Wildman–Crippen LogP) is 1.96. The van der Waals surface area contributed by atoms with Gasteiger partial charge in [0.1, 0.15) is 0 Å². The number of rotatable bonds is 5. The lowest BCUT2D eigenvalue weighted by atomic mass is 9.85. The zero-order valence-corrected chi connectivity index (χ0v) is 10.7. The molecule has 0 amide bonds. The molecule has 1 aromatic carbocycles. The second kappa shape index (κ2) is 5.82. The Hall–Kier alpha value is -1.35. The van der Waals surface area contributed by atoms with E-state index in [4.69, 9.17) is 9.84 Å². The minimum Gasteiger partial charge on any atom is -0.469 e. The van der Waals surface area contributed by atoms with E-state index >= 15 is 0 Å². The molecule has 0 saturated carbocycles. The minimum absolute atomic E-state index is 0.160. The van der Waals surface area contributed by atoms with E-state index in [1.807, 2.05) is 38.1 Å². The van der Waals surface area contributed by atoms with Crippen molar-refractivity contribution in [3.63, 3.8) is 0 Å². The highest BCUT2D eigenvalue weighted by molar-refractivity contribution is 5.76. The van der Waals surface area contributed by atoms with E-state index in [1.54, 1.807) is 0 Å². The number of esters is 1. The number of aliphatic hydroxyl groups excluding tert-OH is 1. The van der Waals surface area contributed by atoms with Gasteiger partial charge in [0.15, 0.2) is 0 Å². The summed E-state index contributed by atoms with van der Waals surface area (Å²) >= 11 is 0. The van der Waals surface area contributed by atoms with E-state index in [-0.39, 0.29) is 12.6 Å². The van der Waals surface area contributed by atoms with Gasteiger partial charge in [0.2, 0.25) is 0 Å². The van der Waals surface area contributed by atoms with Crippen LogP contribution in [0.2, 0.25) is 0 Å². The molecule has 0 fully saturated rings. The first-order chi connectivity index (χ1) is 7.99. The molecule has 0 bridgehead atoms. The van der Waals surface area contributed by atoms with Gasteiger partial charge in [-0.2, -0.15) is 0 Å². The van der Waals surface area contributed by atoms with Crippen molar-refractivity contribution < 1.29 is 14.6 Å². The molecule has 0 aliphatic rings. The molecule has 0 atom stereocenters. The topological polar surface area (TPSA) is 46.5 Å². The average molecular weight is 236 g/mol. The normalized spacial score (nSPS) is 11.3. The third-order valence-corrected chi connectivity index (χ3v) is 2.81. The van der Waals surface area contributed by atoms with Crippen molar-refractivity contribution in [1.82, 2.24) is 0 Å². The second-order valence-electron chi connectivity index (χ2n) is 4.84. The molecule has 17 heavy (non-hydrogen) atoms. The molecule has 0 aliphatic carbocycles. The molecular formula is C14H20O3. The average Bonchev–Trinajstić information content (AvgIpc) is 2.30. The molecule has 0 heterocycles. The lowest BCUT2D eigenvalue weighted by Gasteiger charge is -2.21. The van der Waals surface area contributed by atoms with Crippen LogP contribution in [0.25, 0.3) is 0 Å². The van der Waals surface area contributed by atoms with Crippen LogP contribution in [0.1, 0.15) is 25.0 Å². The van der Waals surface area contributed by atoms with Gasteiger partial charge in [0.25, 0.3) is 0 Å². The summed E-state index contributed by atoms with van der Waals surface area (Å²) in [5, 5.41) is 8.82. The maximum atomic E-state index is 11.6. The van der Waals surface area contributed by atoms with Crippen LogP contribution in [0.15, 0.2) is 24.3 Å². The zero-order chi connectivity index (χ0) is 12.9. The minimum atomic E-state index is -0.507. The van der Waals surface area contributed by atoms with Crippen molar-refractivity contribution in [2.75, 3.05) is 13.7 Å². The van der Waals surface area contributed by atoms with E-state index < -0.39 is 5.41 Å². The van der Waals surface area contributed by atoms with Crippen molar-refractivity contribution >= 4 is 5.97 Å². The van der Waals surface area contributed by atoms with Crippen LogP contribution in [0.4, 0.5) is 0 Å². The third kappa shape index (κ3) is 3.86. The molecule has 1 aromatic rings. The molecule has 3 heteroatoms. The Balaban J connectivity index is 2.71. The molecule has 0 spiro atoms. The third-order valence-electron chi connectivity index (χ3n) is 2.81. The number of carbonyl (C=O) groups excluding carboxylic acids is 1. The van der Waals surface area contributed by atoms with E-state index in [0.29, 0.717) is 12.8 Å². The predicted molar refractivity (Wildman–Crippen MR) is 66.7 cm³/mol. The van der Waals surface area contributed by atoms with Crippen LogP contribution < -0.4 is 0 Å². The summed E-state index contributed by atoms with van der Waals surface area (Å²) in [6.07, 6.45) is 1.32. The van der Waals surface area contributed by atoms with Crippen molar-refractivity contribution in [2.24, 2.45) is 5.41 Å². The summed E-state index contributed by atoms with van der Waals surface area (Å²) in [5.74, 6) is -0.197. The van der Waals surface area contributed by atoms with E-state index in [1.165, 1.54) is 7.11 Å². The number of methoxy groups -OCH3 is 1. The van der Waals surface area contributed by atoms with Crippen LogP contribution in [-0.2, 0) is 22.4 Å². The molecule has 0 aliphatic heterocycles. The molecule has 3 nitrogen and oxygen atoms in total. The molecule has 0 aromatic heterocycles. The van der Waals surface area contributed by atoms with Crippen molar-refractivity contribution in [3.05, 3.63) is 35.4 Å². The maximum absolute atomic E-state index is 11.6. The van der Waals surface area contributed by atoms with Gasteiger partial charge in [-0.1, -0.05) is 24.3 Å². The molecule has 0 saturated heterocycles. The maximum Gasteiger partial charge on any atom is 0.311 e. The van der Waals surface area contributed by atoms with E-state index in [0.717, 1.165) is 11.1 Å². The zero-order valence-electron chi connectivity index (χ0n) is 10.7. The monoisotopic (exact) mass is 236 g/mol. The lowest BCUT2D eigenvalue weighted by Crippen LogP contribution is -2.27. The highest BCUT2D eigenvalue weighted by Crippen LogP contribution is 2.23.